The van der Waals surface area contributed by atoms with E-state index >= 15 is 0 Å². The summed E-state index contributed by atoms with van der Waals surface area (Å²) in [6.45, 7) is 0.600. The number of fused-ring (bicyclic) bond motifs is 1. The highest BCUT2D eigenvalue weighted by molar-refractivity contribution is 5.79. The quantitative estimate of drug-likeness (QED) is 0.452. The minimum atomic E-state index is 0.148. The van der Waals surface area contributed by atoms with Crippen molar-refractivity contribution in [2.75, 3.05) is 0 Å². The first-order valence-corrected chi connectivity index (χ1v) is 12.3. The van der Waals surface area contributed by atoms with Crippen molar-refractivity contribution in [2.24, 2.45) is 5.92 Å². The van der Waals surface area contributed by atoms with Crippen LogP contribution < -0.4 is 0 Å². The lowest BCUT2D eigenvalue weighted by Crippen LogP contribution is -2.40. The summed E-state index contributed by atoms with van der Waals surface area (Å²) in [6, 6.07) is 21.2. The smallest absolute Gasteiger partial charge is 0.226 e. The summed E-state index contributed by atoms with van der Waals surface area (Å²) in [7, 11) is 0. The standard InChI is InChI=1S/C28H33N3O/c32-28(23-12-4-1-2-5-13-23)30(27-18-10-14-22-11-8-9-17-26(22)27)21-25-19-20-29-31(25)24-15-6-3-7-16-24/h3,6-9,11,15-17,19-20,23,27H,1-2,4-5,10,12-14,18,21H2/t27-/m0/s1. The molecule has 1 fully saturated rings. The van der Waals surface area contributed by atoms with Crippen LogP contribution in [0.15, 0.2) is 66.9 Å². The third-order valence-electron chi connectivity index (χ3n) is 7.26. The maximum Gasteiger partial charge on any atom is 0.226 e. The fourth-order valence-corrected chi connectivity index (χ4v) is 5.58. The number of aryl methyl sites for hydroxylation is 1. The van der Waals surface area contributed by atoms with Gasteiger partial charge < -0.3 is 4.90 Å². The van der Waals surface area contributed by atoms with E-state index in [-0.39, 0.29) is 12.0 Å². The van der Waals surface area contributed by atoms with E-state index in [0.29, 0.717) is 12.5 Å². The van der Waals surface area contributed by atoms with Crippen LogP contribution in [0.1, 0.15) is 74.2 Å². The van der Waals surface area contributed by atoms with Gasteiger partial charge in [0, 0.05) is 12.1 Å². The van der Waals surface area contributed by atoms with E-state index in [2.05, 4.69) is 52.5 Å². The number of rotatable bonds is 5. The van der Waals surface area contributed by atoms with E-state index in [1.807, 2.05) is 29.1 Å². The van der Waals surface area contributed by atoms with Gasteiger partial charge in [-0.05, 0) is 61.4 Å². The minimum Gasteiger partial charge on any atom is -0.330 e. The Morgan fingerprint density at radius 3 is 2.44 bits per heavy atom. The van der Waals surface area contributed by atoms with Crippen LogP contribution in [0.25, 0.3) is 5.69 Å². The molecule has 1 heterocycles. The van der Waals surface area contributed by atoms with E-state index in [1.165, 1.54) is 36.8 Å². The van der Waals surface area contributed by atoms with Crippen LogP contribution in [0.2, 0.25) is 0 Å². The number of hydrogen-bond donors (Lipinski definition) is 0. The summed E-state index contributed by atoms with van der Waals surface area (Å²) < 4.78 is 1.99. The van der Waals surface area contributed by atoms with Gasteiger partial charge in [0.05, 0.1) is 24.0 Å². The lowest BCUT2D eigenvalue weighted by atomic mass is 9.85. The predicted molar refractivity (Wildman–Crippen MR) is 127 cm³/mol. The van der Waals surface area contributed by atoms with Crippen LogP contribution in [0.5, 0.6) is 0 Å². The number of hydrogen-bond acceptors (Lipinski definition) is 2. The predicted octanol–water partition coefficient (Wildman–Crippen LogP) is 6.25. The van der Waals surface area contributed by atoms with Crippen LogP contribution in [-0.4, -0.2) is 20.6 Å². The summed E-state index contributed by atoms with van der Waals surface area (Å²) in [4.78, 5) is 16.2. The lowest BCUT2D eigenvalue weighted by molar-refractivity contribution is -0.139. The Labute approximate surface area is 191 Å². The van der Waals surface area contributed by atoms with Gasteiger partial charge in [0.25, 0.3) is 0 Å². The first-order chi connectivity index (χ1) is 15.8. The third kappa shape index (κ3) is 4.36. The fourth-order valence-electron chi connectivity index (χ4n) is 5.58. The van der Waals surface area contributed by atoms with Gasteiger partial charge in [-0.1, -0.05) is 68.1 Å². The zero-order chi connectivity index (χ0) is 21.8. The van der Waals surface area contributed by atoms with Crippen LogP contribution in [0.3, 0.4) is 0 Å². The summed E-state index contributed by atoms with van der Waals surface area (Å²) in [5.74, 6) is 0.495. The van der Waals surface area contributed by atoms with E-state index in [4.69, 9.17) is 0 Å². The topological polar surface area (TPSA) is 38.1 Å². The molecule has 0 bridgehead atoms. The van der Waals surface area contributed by atoms with Gasteiger partial charge in [-0.2, -0.15) is 5.10 Å². The van der Waals surface area contributed by atoms with E-state index in [1.54, 1.807) is 0 Å². The molecule has 166 valence electrons. The second-order valence-corrected chi connectivity index (χ2v) is 9.33. The Balaban J connectivity index is 1.50. The summed E-state index contributed by atoms with van der Waals surface area (Å²) in [5, 5.41) is 4.59. The molecular formula is C28H33N3O. The average molecular weight is 428 g/mol. The molecule has 2 aromatic carbocycles. The van der Waals surface area contributed by atoms with Crippen molar-refractivity contribution in [3.8, 4) is 5.69 Å². The molecule has 4 nitrogen and oxygen atoms in total. The van der Waals surface area contributed by atoms with Gasteiger partial charge in [0.1, 0.15) is 0 Å². The molecule has 1 amide bonds. The van der Waals surface area contributed by atoms with Gasteiger partial charge in [0.2, 0.25) is 5.91 Å². The van der Waals surface area contributed by atoms with Crippen molar-refractivity contribution in [3.63, 3.8) is 0 Å². The second kappa shape index (κ2) is 9.72. The SMILES string of the molecule is O=C(C1CCCCCC1)N(Cc1ccnn1-c1ccccc1)[C@H]1CCCc2ccccc21. The van der Waals surface area contributed by atoms with Crippen LogP contribution >= 0.6 is 0 Å². The van der Waals surface area contributed by atoms with E-state index in [0.717, 1.165) is 43.5 Å². The normalized spacial score (nSPS) is 19.2. The minimum absolute atomic E-state index is 0.148. The molecule has 0 N–H and O–H groups in total. The van der Waals surface area contributed by atoms with Crippen LogP contribution in [0, 0.1) is 5.92 Å². The van der Waals surface area contributed by atoms with Crippen LogP contribution in [0.4, 0.5) is 0 Å². The fraction of sp³-hybridized carbons (Fsp3) is 0.429. The molecule has 0 radical (unpaired) electrons. The summed E-state index contributed by atoms with van der Waals surface area (Å²) in [5.41, 5.74) is 4.85. The first kappa shape index (κ1) is 21.0. The monoisotopic (exact) mass is 427 g/mol. The van der Waals surface area contributed by atoms with Gasteiger partial charge in [-0.25, -0.2) is 4.68 Å². The lowest BCUT2D eigenvalue weighted by Gasteiger charge is -2.38. The molecule has 32 heavy (non-hydrogen) atoms. The largest absolute Gasteiger partial charge is 0.330 e. The Bertz CT molecular complexity index is 1030. The van der Waals surface area contributed by atoms with Gasteiger partial charge in [0.15, 0.2) is 0 Å². The molecule has 0 unspecified atom stereocenters. The third-order valence-corrected chi connectivity index (χ3v) is 7.26. The number of carbonyl (C=O) groups is 1. The van der Waals surface area contributed by atoms with Crippen molar-refractivity contribution in [3.05, 3.63) is 83.7 Å². The van der Waals surface area contributed by atoms with Gasteiger partial charge >= 0.3 is 0 Å². The van der Waals surface area contributed by atoms with E-state index in [9.17, 15) is 4.79 Å². The molecule has 1 atom stereocenters. The van der Waals surface area contributed by atoms with Crippen molar-refractivity contribution in [1.82, 2.24) is 14.7 Å². The molecule has 1 aromatic heterocycles. The van der Waals surface area contributed by atoms with E-state index < -0.39 is 0 Å². The van der Waals surface area contributed by atoms with Crippen molar-refractivity contribution in [1.29, 1.82) is 0 Å². The molecule has 2 aliphatic carbocycles. The number of amides is 1. The Morgan fingerprint density at radius 1 is 0.875 bits per heavy atom. The Kier molecular flexibility index (Phi) is 6.38. The zero-order valence-electron chi connectivity index (χ0n) is 18.8. The van der Waals surface area contributed by atoms with Crippen molar-refractivity contribution in [2.45, 2.75) is 70.4 Å². The number of carbonyl (C=O) groups excluding carboxylic acids is 1. The maximum atomic E-state index is 14.0. The molecule has 3 aromatic rings. The number of para-hydroxylation sites is 1. The number of benzene rings is 2. The maximum absolute atomic E-state index is 14.0. The molecule has 5 rings (SSSR count). The highest BCUT2D eigenvalue weighted by Crippen LogP contribution is 2.37. The van der Waals surface area contributed by atoms with Crippen LogP contribution in [-0.2, 0) is 17.8 Å². The number of nitrogens with zero attached hydrogens (tertiary/aromatic N) is 3. The highest BCUT2D eigenvalue weighted by Gasteiger charge is 2.33. The molecule has 4 heteroatoms. The zero-order valence-corrected chi connectivity index (χ0v) is 18.8. The summed E-state index contributed by atoms with van der Waals surface area (Å²) in [6.07, 6.45) is 12.1. The Hall–Kier alpha value is -2.88. The molecule has 1 saturated carbocycles. The van der Waals surface area contributed by atoms with Crippen molar-refractivity contribution < 1.29 is 4.79 Å². The number of aromatic nitrogens is 2. The highest BCUT2D eigenvalue weighted by atomic mass is 16.2. The molecule has 0 aliphatic heterocycles. The van der Waals surface area contributed by atoms with Gasteiger partial charge in [-0.15, -0.1) is 0 Å². The molecule has 0 spiro atoms. The molecule has 2 aliphatic rings. The Morgan fingerprint density at radius 2 is 1.62 bits per heavy atom. The van der Waals surface area contributed by atoms with Crippen molar-refractivity contribution >= 4 is 5.91 Å². The second-order valence-electron chi connectivity index (χ2n) is 9.33. The first-order valence-electron chi connectivity index (χ1n) is 12.3. The molecular weight excluding hydrogens is 394 g/mol. The van der Waals surface area contributed by atoms with Gasteiger partial charge in [-0.3, -0.25) is 4.79 Å². The average Bonchev–Trinajstić information content (AvgIpc) is 3.14. The molecule has 0 saturated heterocycles. The summed E-state index contributed by atoms with van der Waals surface area (Å²) >= 11 is 0.